The topological polar surface area (TPSA) is 0 Å². The first kappa shape index (κ1) is 27.5. The Hall–Kier alpha value is -0.530. The summed E-state index contributed by atoms with van der Waals surface area (Å²) in [6.45, 7) is 9.40. The van der Waals surface area contributed by atoms with Crippen LogP contribution < -0.4 is 24.8 Å². The summed E-state index contributed by atoms with van der Waals surface area (Å²) in [7, 11) is 0. The number of hydrogen-bond acceptors (Lipinski definition) is 0. The average Bonchev–Trinajstić information content (AvgIpc) is 3.32. The van der Waals surface area contributed by atoms with Gasteiger partial charge in [0.05, 0.1) is 0 Å². The van der Waals surface area contributed by atoms with Crippen molar-refractivity contribution in [2.45, 2.75) is 45.2 Å². The molecule has 28 heavy (non-hydrogen) atoms. The predicted octanol–water partition coefficient (Wildman–Crippen LogP) is 0.816. The average molecular weight is 507 g/mol. The van der Waals surface area contributed by atoms with E-state index >= 15 is 0 Å². The molecule has 1 aliphatic rings. The minimum atomic E-state index is 0. The second-order valence-corrected chi connectivity index (χ2v) is 14.6. The van der Waals surface area contributed by atoms with Gasteiger partial charge in [0.15, 0.2) is 0 Å². The van der Waals surface area contributed by atoms with Gasteiger partial charge in [-0.1, -0.05) is 35.4 Å². The SMILES string of the molecule is CC(C)[Si](=[Zr+2])C(C)C.[Cl-].[Cl-].[c-]1cccc2c1Cc1ccccc1-2.c1cc[cH-]c1. The molecule has 0 nitrogen and oxygen atoms in total. The van der Waals surface area contributed by atoms with Crippen LogP contribution in [0.15, 0.2) is 72.8 Å². The van der Waals surface area contributed by atoms with Crippen molar-refractivity contribution in [2.24, 2.45) is 0 Å². The van der Waals surface area contributed by atoms with Gasteiger partial charge in [0.25, 0.3) is 0 Å². The van der Waals surface area contributed by atoms with Crippen molar-refractivity contribution in [1.29, 1.82) is 0 Å². The Balaban J connectivity index is 0.000000423. The van der Waals surface area contributed by atoms with Crippen molar-refractivity contribution in [1.82, 2.24) is 0 Å². The molecule has 0 radical (unpaired) electrons. The van der Waals surface area contributed by atoms with Gasteiger partial charge in [0.1, 0.15) is 0 Å². The molecule has 0 aliphatic heterocycles. The second-order valence-electron chi connectivity index (χ2n) is 7.12. The van der Waals surface area contributed by atoms with Crippen molar-refractivity contribution in [2.75, 3.05) is 0 Å². The molecular weight excluding hydrogens is 478 g/mol. The Morgan fingerprint density at radius 3 is 1.93 bits per heavy atom. The van der Waals surface area contributed by atoms with Crippen molar-refractivity contribution in [3.05, 3.63) is 90.0 Å². The third-order valence-electron chi connectivity index (χ3n) is 4.42. The third kappa shape index (κ3) is 8.46. The quantitative estimate of drug-likeness (QED) is 0.279. The molecule has 0 unspecified atom stereocenters. The summed E-state index contributed by atoms with van der Waals surface area (Å²) in [6.07, 6.45) is 1.05. The Labute approximate surface area is 198 Å². The fraction of sp³-hybridized carbons (Fsp3) is 0.292. The maximum absolute atomic E-state index is 3.30. The van der Waals surface area contributed by atoms with E-state index in [-0.39, 0.29) is 30.2 Å². The van der Waals surface area contributed by atoms with Crippen LogP contribution in [0.1, 0.15) is 38.8 Å². The third-order valence-corrected chi connectivity index (χ3v) is 15.4. The Morgan fingerprint density at radius 1 is 0.857 bits per heavy atom. The van der Waals surface area contributed by atoms with Gasteiger partial charge in [0.2, 0.25) is 0 Å². The van der Waals surface area contributed by atoms with Gasteiger partial charge in [-0.25, -0.2) is 12.1 Å². The predicted molar refractivity (Wildman–Crippen MR) is 112 cm³/mol. The van der Waals surface area contributed by atoms with E-state index < -0.39 is 0 Å². The molecule has 0 saturated carbocycles. The zero-order valence-corrected chi connectivity index (χ0v) is 22.0. The molecule has 0 fully saturated rings. The fourth-order valence-electron chi connectivity index (χ4n) is 2.99. The molecule has 0 saturated heterocycles. The number of hydrogen-bond donors (Lipinski definition) is 0. The molecule has 148 valence electrons. The molecule has 0 heterocycles. The van der Waals surface area contributed by atoms with Crippen LogP contribution in [0.4, 0.5) is 0 Å². The number of fused-ring (bicyclic) bond motifs is 3. The van der Waals surface area contributed by atoms with E-state index in [0.29, 0.717) is 0 Å². The van der Waals surface area contributed by atoms with E-state index in [2.05, 4.69) is 70.2 Å². The maximum Gasteiger partial charge on any atom is -0.0253 e. The molecule has 0 spiro atoms. The van der Waals surface area contributed by atoms with Gasteiger partial charge in [-0.2, -0.15) is 48.0 Å². The van der Waals surface area contributed by atoms with Crippen LogP contribution in [0, 0.1) is 6.07 Å². The van der Waals surface area contributed by atoms with Crippen LogP contribution >= 0.6 is 0 Å². The van der Waals surface area contributed by atoms with E-state index in [1.54, 1.807) is 23.3 Å². The van der Waals surface area contributed by atoms with E-state index in [0.717, 1.165) is 17.5 Å². The fourth-order valence-corrected chi connectivity index (χ4v) is 4.32. The van der Waals surface area contributed by atoms with Crippen LogP contribution in [-0.2, 0) is 29.8 Å². The Kier molecular flexibility index (Phi) is 14.2. The van der Waals surface area contributed by atoms with Gasteiger partial charge < -0.3 is 24.8 Å². The van der Waals surface area contributed by atoms with Crippen molar-refractivity contribution < 1.29 is 48.1 Å². The molecule has 0 bridgehead atoms. The summed E-state index contributed by atoms with van der Waals surface area (Å²) in [6, 6.07) is 28.1. The summed E-state index contributed by atoms with van der Waals surface area (Å²) in [5.74, 6) is 0. The summed E-state index contributed by atoms with van der Waals surface area (Å²) in [4.78, 5) is 0. The summed E-state index contributed by atoms with van der Waals surface area (Å²) < 4.78 is 0. The normalized spacial score (nSPS) is 10.3. The second kappa shape index (κ2) is 14.5. The van der Waals surface area contributed by atoms with Crippen LogP contribution in [0.3, 0.4) is 0 Å². The summed E-state index contributed by atoms with van der Waals surface area (Å²) >= 11 is 1.80. The number of benzene rings is 2. The van der Waals surface area contributed by atoms with Gasteiger partial charge >= 0.3 is 67.5 Å². The number of rotatable bonds is 2. The zero-order chi connectivity index (χ0) is 18.9. The van der Waals surface area contributed by atoms with Gasteiger partial charge in [-0.05, 0) is 6.42 Å². The summed E-state index contributed by atoms with van der Waals surface area (Å²) in [5, 5.41) is 0. The molecular formula is C24H28Cl2SiZr-2. The minimum Gasteiger partial charge on any atom is -1.00 e. The van der Waals surface area contributed by atoms with Crippen LogP contribution in [-0.4, -0.2) is 5.43 Å². The van der Waals surface area contributed by atoms with Crippen molar-refractivity contribution >= 4 is 5.43 Å². The van der Waals surface area contributed by atoms with Crippen molar-refractivity contribution in [3.8, 4) is 11.1 Å². The first-order valence-electron chi connectivity index (χ1n) is 9.33. The van der Waals surface area contributed by atoms with E-state index in [9.17, 15) is 0 Å². The van der Waals surface area contributed by atoms with Crippen LogP contribution in [0.5, 0.6) is 0 Å². The molecule has 1 aliphatic carbocycles. The molecule has 0 aromatic heterocycles. The number of halogens is 2. The van der Waals surface area contributed by atoms with E-state index in [1.807, 2.05) is 36.4 Å². The first-order chi connectivity index (χ1) is 12.5. The summed E-state index contributed by atoms with van der Waals surface area (Å²) in [5.41, 5.74) is 7.55. The minimum absolute atomic E-state index is 0. The zero-order valence-electron chi connectivity index (χ0n) is 17.0. The van der Waals surface area contributed by atoms with E-state index in [1.165, 1.54) is 22.3 Å². The van der Waals surface area contributed by atoms with Crippen molar-refractivity contribution in [3.63, 3.8) is 0 Å². The van der Waals surface area contributed by atoms with E-state index in [4.69, 9.17) is 0 Å². The molecule has 3 aromatic carbocycles. The van der Waals surface area contributed by atoms with Gasteiger partial charge in [0, 0.05) is 0 Å². The monoisotopic (exact) mass is 504 g/mol. The Bertz CT molecular complexity index is 740. The first-order valence-corrected chi connectivity index (χ1v) is 14.7. The molecule has 4 heteroatoms. The smallest absolute Gasteiger partial charge is 0.0253 e. The largest absolute Gasteiger partial charge is 1.00 e. The standard InChI is InChI=1S/C13H9.C6H14Si.C5H5.2ClH.Zr/c1-3-7-12-10(5-1)9-11-6-2-4-8-13(11)12;1-5(2)7-6(3)4;1-2-4-5-3-1;;;/h1-5,7-8H,9H2;5-6H,1-4H3;1-5H;2*1H;/q-1;;-1;;;+2/p-2. The maximum atomic E-state index is 3.30. The van der Waals surface area contributed by atoms with Gasteiger partial charge in [-0.3, -0.25) is 0 Å². The van der Waals surface area contributed by atoms with Crippen LogP contribution in [0.25, 0.3) is 11.1 Å². The van der Waals surface area contributed by atoms with Crippen LogP contribution in [0.2, 0.25) is 11.1 Å². The molecule has 0 atom stereocenters. The molecule has 0 amide bonds. The Morgan fingerprint density at radius 2 is 1.43 bits per heavy atom. The van der Waals surface area contributed by atoms with Gasteiger partial charge in [-0.15, -0.1) is 5.56 Å². The molecule has 4 rings (SSSR count). The molecule has 0 N–H and O–H groups in total. The molecule has 3 aromatic rings.